The smallest absolute Gasteiger partial charge is 0.291 e. The molecule has 1 saturated carbocycles. The number of rotatable bonds is 4. The predicted molar refractivity (Wildman–Crippen MR) is 99.3 cm³/mol. The van der Waals surface area contributed by atoms with Gasteiger partial charge in [0.15, 0.2) is 5.82 Å². The molecule has 1 aliphatic carbocycles. The fraction of sp³-hybridized carbons (Fsp3) is 0.450. The first-order valence-electron chi connectivity index (χ1n) is 9.49. The summed E-state index contributed by atoms with van der Waals surface area (Å²) in [6.45, 7) is 0.733. The van der Waals surface area contributed by atoms with E-state index in [1.165, 1.54) is 0 Å². The molecule has 2 amide bonds. The van der Waals surface area contributed by atoms with Crippen LogP contribution in [-0.2, 0) is 13.0 Å². The third-order valence-corrected chi connectivity index (χ3v) is 5.26. The lowest BCUT2D eigenvalue weighted by molar-refractivity contribution is 0.0932. The van der Waals surface area contributed by atoms with Gasteiger partial charge in [-0.05, 0) is 44.2 Å². The van der Waals surface area contributed by atoms with Crippen molar-refractivity contribution in [2.75, 3.05) is 5.32 Å². The van der Waals surface area contributed by atoms with Crippen LogP contribution < -0.4 is 10.6 Å². The van der Waals surface area contributed by atoms with Crippen molar-refractivity contribution in [1.29, 1.82) is 0 Å². The lowest BCUT2D eigenvalue weighted by Gasteiger charge is -2.17. The van der Waals surface area contributed by atoms with Crippen molar-refractivity contribution in [1.82, 2.24) is 14.9 Å². The molecule has 136 valence electrons. The highest BCUT2D eigenvalue weighted by Gasteiger charge is 2.29. The Kier molecular flexibility index (Phi) is 4.73. The number of hydrogen-bond acceptors (Lipinski definition) is 3. The summed E-state index contributed by atoms with van der Waals surface area (Å²) in [5.74, 6) is -0.0688. The molecule has 6 heteroatoms. The van der Waals surface area contributed by atoms with Gasteiger partial charge in [0, 0.05) is 18.3 Å². The Balaban J connectivity index is 1.59. The Bertz CT molecular complexity index is 807. The second-order valence-corrected chi connectivity index (χ2v) is 7.11. The van der Waals surface area contributed by atoms with E-state index in [9.17, 15) is 9.59 Å². The van der Waals surface area contributed by atoms with Gasteiger partial charge in [0.05, 0.1) is 5.69 Å². The maximum absolute atomic E-state index is 12.7. The average Bonchev–Trinajstić information content (AvgIpc) is 3.30. The molecule has 1 aromatic carbocycles. The van der Waals surface area contributed by atoms with Gasteiger partial charge in [0.25, 0.3) is 11.8 Å². The summed E-state index contributed by atoms with van der Waals surface area (Å²) in [6, 6.07) is 9.56. The summed E-state index contributed by atoms with van der Waals surface area (Å²) >= 11 is 0. The Morgan fingerprint density at radius 3 is 2.54 bits per heavy atom. The standard InChI is InChI=1S/C20H24N4O2/c25-19(21-14-10-4-5-11-14)17-16-12-6-7-13-24(16)18(23-17)20(26)22-15-8-2-1-3-9-15/h1-3,8-9,14H,4-7,10-13H2,(H,21,25)(H,22,26). The number of nitrogens with one attached hydrogen (secondary N) is 2. The predicted octanol–water partition coefficient (Wildman–Crippen LogP) is 3.14. The molecule has 1 aliphatic heterocycles. The Morgan fingerprint density at radius 1 is 1.00 bits per heavy atom. The van der Waals surface area contributed by atoms with E-state index in [1.807, 2.05) is 34.9 Å². The molecule has 0 spiro atoms. The largest absolute Gasteiger partial charge is 0.348 e. The number of carbonyl (C=O) groups excluding carboxylic acids is 2. The summed E-state index contributed by atoms with van der Waals surface area (Å²) < 4.78 is 1.92. The van der Waals surface area contributed by atoms with Crippen molar-refractivity contribution in [3.8, 4) is 0 Å². The fourth-order valence-corrected chi connectivity index (χ4v) is 3.93. The van der Waals surface area contributed by atoms with Gasteiger partial charge in [-0.25, -0.2) is 4.98 Å². The van der Waals surface area contributed by atoms with E-state index in [-0.39, 0.29) is 17.9 Å². The van der Waals surface area contributed by atoms with Crippen LogP contribution in [0.2, 0.25) is 0 Å². The van der Waals surface area contributed by atoms with Crippen LogP contribution in [0.5, 0.6) is 0 Å². The molecule has 0 radical (unpaired) electrons. The highest BCUT2D eigenvalue weighted by atomic mass is 16.2. The lowest BCUT2D eigenvalue weighted by atomic mass is 10.1. The zero-order valence-electron chi connectivity index (χ0n) is 14.8. The van der Waals surface area contributed by atoms with E-state index in [0.717, 1.165) is 62.9 Å². The minimum Gasteiger partial charge on any atom is -0.348 e. The van der Waals surface area contributed by atoms with Crippen LogP contribution >= 0.6 is 0 Å². The van der Waals surface area contributed by atoms with Crippen LogP contribution in [0.25, 0.3) is 0 Å². The number of carbonyl (C=O) groups is 2. The van der Waals surface area contributed by atoms with Gasteiger partial charge in [-0.3, -0.25) is 9.59 Å². The first-order chi connectivity index (χ1) is 12.7. The van der Waals surface area contributed by atoms with Gasteiger partial charge in [0.2, 0.25) is 0 Å². The minimum atomic E-state index is -0.265. The van der Waals surface area contributed by atoms with Gasteiger partial charge in [-0.15, -0.1) is 0 Å². The van der Waals surface area contributed by atoms with E-state index in [2.05, 4.69) is 15.6 Å². The summed E-state index contributed by atoms with van der Waals surface area (Å²) in [7, 11) is 0. The summed E-state index contributed by atoms with van der Waals surface area (Å²) in [5, 5.41) is 5.98. The fourth-order valence-electron chi connectivity index (χ4n) is 3.93. The quantitative estimate of drug-likeness (QED) is 0.887. The molecule has 1 aromatic heterocycles. The van der Waals surface area contributed by atoms with E-state index in [0.29, 0.717) is 11.5 Å². The number of amides is 2. The molecule has 2 aromatic rings. The van der Waals surface area contributed by atoms with Crippen LogP contribution in [0.3, 0.4) is 0 Å². The second-order valence-electron chi connectivity index (χ2n) is 7.11. The SMILES string of the molecule is O=C(NC1CCCC1)c1nc(C(=O)Nc2ccccc2)n2c1CCCC2. The number of benzene rings is 1. The number of anilines is 1. The van der Waals surface area contributed by atoms with E-state index < -0.39 is 0 Å². The van der Waals surface area contributed by atoms with Crippen LogP contribution in [0, 0.1) is 0 Å². The van der Waals surface area contributed by atoms with Crippen molar-refractivity contribution in [2.24, 2.45) is 0 Å². The Morgan fingerprint density at radius 2 is 1.77 bits per heavy atom. The van der Waals surface area contributed by atoms with Crippen LogP contribution in [-0.4, -0.2) is 27.4 Å². The molecule has 2 aliphatic rings. The molecule has 6 nitrogen and oxygen atoms in total. The number of fused-ring (bicyclic) bond motifs is 1. The number of hydrogen-bond donors (Lipinski definition) is 2. The third kappa shape index (κ3) is 3.36. The Labute approximate surface area is 153 Å². The minimum absolute atomic E-state index is 0.138. The highest BCUT2D eigenvalue weighted by Crippen LogP contribution is 2.23. The summed E-state index contributed by atoms with van der Waals surface area (Å²) in [5.41, 5.74) is 2.04. The van der Waals surface area contributed by atoms with Crippen molar-refractivity contribution >= 4 is 17.5 Å². The number of imidazole rings is 1. The van der Waals surface area contributed by atoms with Crippen molar-refractivity contribution in [2.45, 2.75) is 57.5 Å². The molecule has 0 unspecified atom stereocenters. The van der Waals surface area contributed by atoms with Gasteiger partial charge in [0.1, 0.15) is 5.69 Å². The van der Waals surface area contributed by atoms with Crippen LogP contribution in [0.1, 0.15) is 65.3 Å². The topological polar surface area (TPSA) is 76.0 Å². The molecule has 2 N–H and O–H groups in total. The molecular formula is C20H24N4O2. The molecule has 26 heavy (non-hydrogen) atoms. The maximum atomic E-state index is 12.7. The van der Waals surface area contributed by atoms with E-state index >= 15 is 0 Å². The van der Waals surface area contributed by atoms with Gasteiger partial charge < -0.3 is 15.2 Å². The number of aromatic nitrogens is 2. The van der Waals surface area contributed by atoms with Gasteiger partial charge in [-0.2, -0.15) is 0 Å². The van der Waals surface area contributed by atoms with E-state index in [1.54, 1.807) is 0 Å². The normalized spacial score (nSPS) is 16.9. The van der Waals surface area contributed by atoms with Crippen LogP contribution in [0.15, 0.2) is 30.3 Å². The summed E-state index contributed by atoms with van der Waals surface area (Å²) in [4.78, 5) is 30.0. The second kappa shape index (κ2) is 7.32. The third-order valence-electron chi connectivity index (χ3n) is 5.26. The average molecular weight is 352 g/mol. The number of para-hydroxylation sites is 1. The Hall–Kier alpha value is -2.63. The molecular weight excluding hydrogens is 328 g/mol. The molecule has 2 heterocycles. The highest BCUT2D eigenvalue weighted by molar-refractivity contribution is 6.03. The molecule has 4 rings (SSSR count). The monoisotopic (exact) mass is 352 g/mol. The van der Waals surface area contributed by atoms with Gasteiger partial charge >= 0.3 is 0 Å². The van der Waals surface area contributed by atoms with Crippen molar-refractivity contribution in [3.63, 3.8) is 0 Å². The van der Waals surface area contributed by atoms with Crippen molar-refractivity contribution < 1.29 is 9.59 Å². The first-order valence-corrected chi connectivity index (χ1v) is 9.49. The zero-order valence-corrected chi connectivity index (χ0v) is 14.8. The van der Waals surface area contributed by atoms with E-state index in [4.69, 9.17) is 0 Å². The summed E-state index contributed by atoms with van der Waals surface area (Å²) in [6.07, 6.45) is 7.20. The van der Waals surface area contributed by atoms with Crippen LogP contribution in [0.4, 0.5) is 5.69 Å². The lowest BCUT2D eigenvalue weighted by Crippen LogP contribution is -2.33. The maximum Gasteiger partial charge on any atom is 0.291 e. The number of nitrogens with zero attached hydrogens (tertiary/aromatic N) is 2. The molecule has 0 saturated heterocycles. The molecule has 1 fully saturated rings. The first kappa shape index (κ1) is 16.8. The zero-order chi connectivity index (χ0) is 17.9. The van der Waals surface area contributed by atoms with Gasteiger partial charge in [-0.1, -0.05) is 31.0 Å². The molecule has 0 bridgehead atoms. The molecule has 0 atom stereocenters. The van der Waals surface area contributed by atoms with Crippen molar-refractivity contribution in [3.05, 3.63) is 47.5 Å².